The fourth-order valence-corrected chi connectivity index (χ4v) is 1.82. The van der Waals surface area contributed by atoms with Gasteiger partial charge >= 0.3 is 17.9 Å². The van der Waals surface area contributed by atoms with E-state index < -0.39 is 36.0 Å². The lowest BCUT2D eigenvalue weighted by atomic mass is 10.1. The van der Waals surface area contributed by atoms with Crippen molar-refractivity contribution in [1.29, 1.82) is 0 Å². The van der Waals surface area contributed by atoms with Crippen LogP contribution in [0.1, 0.15) is 32.3 Å². The van der Waals surface area contributed by atoms with Crippen LogP contribution in [0.5, 0.6) is 0 Å². The maximum Gasteiger partial charge on any atom is 0.333 e. The van der Waals surface area contributed by atoms with Crippen LogP contribution < -0.4 is 5.73 Å². The minimum absolute atomic E-state index is 0.0991. The molecule has 0 amide bonds. The highest BCUT2D eigenvalue weighted by molar-refractivity contribution is 6.03. The van der Waals surface area contributed by atoms with Gasteiger partial charge in [0.2, 0.25) is 6.29 Å². The van der Waals surface area contributed by atoms with Gasteiger partial charge in [-0.05, 0) is 5.56 Å². The van der Waals surface area contributed by atoms with Crippen molar-refractivity contribution in [2.75, 3.05) is 0 Å². The summed E-state index contributed by atoms with van der Waals surface area (Å²) in [7, 11) is 0. The Morgan fingerprint density at radius 1 is 1.04 bits per heavy atom. The van der Waals surface area contributed by atoms with Crippen molar-refractivity contribution in [2.24, 2.45) is 5.73 Å². The van der Waals surface area contributed by atoms with Gasteiger partial charge in [0.05, 0.1) is 6.42 Å². The number of benzene rings is 1. The van der Waals surface area contributed by atoms with Gasteiger partial charge in [0.15, 0.2) is 11.8 Å². The minimum atomic E-state index is -1.56. The van der Waals surface area contributed by atoms with Crippen molar-refractivity contribution >= 4 is 23.7 Å². The molecule has 0 saturated carbocycles. The summed E-state index contributed by atoms with van der Waals surface area (Å²) in [4.78, 5) is 45.8. The fourth-order valence-electron chi connectivity index (χ4n) is 1.82. The van der Waals surface area contributed by atoms with Gasteiger partial charge in [0.25, 0.3) is 0 Å². The number of Topliss-reactive ketones (excluding diaryl/α,β-unsaturated/α-hetero) is 1. The van der Waals surface area contributed by atoms with E-state index in [9.17, 15) is 19.2 Å². The van der Waals surface area contributed by atoms with Gasteiger partial charge in [-0.25, -0.2) is 4.79 Å². The number of hydrogen-bond acceptors (Lipinski definition) is 8. The lowest BCUT2D eigenvalue weighted by Crippen LogP contribution is -2.41. The summed E-state index contributed by atoms with van der Waals surface area (Å²) in [5.74, 6) is -2.92. The molecule has 8 heteroatoms. The SMILES string of the molecule is CC(=O)OC(C)OC(=O)C(N)C(=O)CCC(=O)OCc1ccccc1. The van der Waals surface area contributed by atoms with Crippen molar-refractivity contribution in [3.63, 3.8) is 0 Å². The summed E-state index contributed by atoms with van der Waals surface area (Å²) in [6, 6.07) is 7.51. The monoisotopic (exact) mass is 351 g/mol. The van der Waals surface area contributed by atoms with E-state index in [0.717, 1.165) is 12.5 Å². The summed E-state index contributed by atoms with van der Waals surface area (Å²) in [5.41, 5.74) is 6.30. The van der Waals surface area contributed by atoms with Crippen molar-refractivity contribution in [3.05, 3.63) is 35.9 Å². The van der Waals surface area contributed by atoms with Crippen LogP contribution in [0.3, 0.4) is 0 Å². The Bertz CT molecular complexity index is 615. The van der Waals surface area contributed by atoms with Crippen LogP contribution >= 0.6 is 0 Å². The Kier molecular flexibility index (Phi) is 8.28. The quantitative estimate of drug-likeness (QED) is 0.395. The van der Waals surface area contributed by atoms with E-state index in [4.69, 9.17) is 15.2 Å². The highest BCUT2D eigenvalue weighted by Crippen LogP contribution is 2.05. The normalized spacial score (nSPS) is 12.6. The van der Waals surface area contributed by atoms with Gasteiger partial charge in [-0.15, -0.1) is 0 Å². The molecule has 0 aliphatic carbocycles. The standard InChI is InChI=1S/C17H21NO7/c1-11(19)24-12(2)25-17(22)16(18)14(20)8-9-15(21)23-10-13-6-4-3-5-7-13/h3-7,12,16H,8-10,18H2,1-2H3. The number of carbonyl (C=O) groups is 4. The molecule has 8 nitrogen and oxygen atoms in total. The molecule has 0 radical (unpaired) electrons. The number of carbonyl (C=O) groups excluding carboxylic acids is 4. The number of nitrogens with two attached hydrogens (primary N) is 1. The molecule has 0 bridgehead atoms. The third-order valence-corrected chi connectivity index (χ3v) is 3.03. The van der Waals surface area contributed by atoms with E-state index in [1.54, 1.807) is 12.1 Å². The van der Waals surface area contributed by atoms with E-state index in [1.807, 2.05) is 18.2 Å². The van der Waals surface area contributed by atoms with Gasteiger partial charge < -0.3 is 19.9 Å². The highest BCUT2D eigenvalue weighted by atomic mass is 16.7. The summed E-state index contributed by atoms with van der Waals surface area (Å²) < 4.78 is 14.3. The predicted octanol–water partition coefficient (Wildman–Crippen LogP) is 0.859. The third kappa shape index (κ3) is 8.07. The van der Waals surface area contributed by atoms with Gasteiger partial charge in [-0.3, -0.25) is 14.4 Å². The lowest BCUT2D eigenvalue weighted by Gasteiger charge is -2.15. The average molecular weight is 351 g/mol. The smallest absolute Gasteiger partial charge is 0.333 e. The second-order valence-electron chi connectivity index (χ2n) is 5.20. The maximum absolute atomic E-state index is 11.8. The number of ether oxygens (including phenoxy) is 3. The van der Waals surface area contributed by atoms with Crippen LogP contribution in [-0.2, 0) is 40.0 Å². The summed E-state index contributed by atoms with van der Waals surface area (Å²) in [6.07, 6.45) is -1.61. The summed E-state index contributed by atoms with van der Waals surface area (Å²) in [5, 5.41) is 0. The Morgan fingerprint density at radius 3 is 2.28 bits per heavy atom. The van der Waals surface area contributed by atoms with Crippen LogP contribution in [0, 0.1) is 0 Å². The molecule has 0 aromatic heterocycles. The average Bonchev–Trinajstić information content (AvgIpc) is 2.57. The van der Waals surface area contributed by atoms with Crippen LogP contribution in [0.15, 0.2) is 30.3 Å². The molecule has 0 aliphatic rings. The van der Waals surface area contributed by atoms with Crippen molar-refractivity contribution < 1.29 is 33.4 Å². The maximum atomic E-state index is 11.8. The molecule has 2 unspecified atom stereocenters. The number of esters is 3. The first-order valence-electron chi connectivity index (χ1n) is 7.65. The lowest BCUT2D eigenvalue weighted by molar-refractivity contribution is -0.184. The molecule has 25 heavy (non-hydrogen) atoms. The molecule has 2 N–H and O–H groups in total. The molecular weight excluding hydrogens is 330 g/mol. The van der Waals surface area contributed by atoms with Gasteiger partial charge in [-0.1, -0.05) is 30.3 Å². The molecule has 0 saturated heterocycles. The summed E-state index contributed by atoms with van der Waals surface area (Å²) >= 11 is 0. The van der Waals surface area contributed by atoms with Crippen molar-refractivity contribution in [2.45, 2.75) is 45.6 Å². The van der Waals surface area contributed by atoms with Crippen LogP contribution in [0.4, 0.5) is 0 Å². The van der Waals surface area contributed by atoms with Gasteiger partial charge in [0, 0.05) is 20.3 Å². The molecule has 1 rings (SSSR count). The molecule has 0 spiro atoms. The van der Waals surface area contributed by atoms with Crippen LogP contribution in [-0.4, -0.2) is 36.0 Å². The Hall–Kier alpha value is -2.74. The van der Waals surface area contributed by atoms with Crippen molar-refractivity contribution in [3.8, 4) is 0 Å². The Balaban J connectivity index is 2.33. The zero-order valence-corrected chi connectivity index (χ0v) is 14.1. The number of rotatable bonds is 9. The molecule has 2 atom stereocenters. The largest absolute Gasteiger partial charge is 0.461 e. The topological polar surface area (TPSA) is 122 Å². The van der Waals surface area contributed by atoms with Gasteiger partial charge in [-0.2, -0.15) is 0 Å². The number of ketones is 1. The molecule has 136 valence electrons. The van der Waals surface area contributed by atoms with Gasteiger partial charge in [0.1, 0.15) is 6.61 Å². The highest BCUT2D eigenvalue weighted by Gasteiger charge is 2.26. The van der Waals surface area contributed by atoms with E-state index in [0.29, 0.717) is 0 Å². The molecule has 0 heterocycles. The first-order chi connectivity index (χ1) is 11.8. The molecule has 0 aliphatic heterocycles. The first kappa shape index (κ1) is 20.3. The third-order valence-electron chi connectivity index (χ3n) is 3.03. The Labute approximate surface area is 145 Å². The van der Waals surface area contributed by atoms with Crippen molar-refractivity contribution in [1.82, 2.24) is 0 Å². The minimum Gasteiger partial charge on any atom is -0.461 e. The zero-order valence-electron chi connectivity index (χ0n) is 14.1. The van der Waals surface area contributed by atoms with E-state index in [1.165, 1.54) is 6.92 Å². The fraction of sp³-hybridized carbons (Fsp3) is 0.412. The summed E-state index contributed by atoms with van der Waals surface area (Å²) in [6.45, 7) is 2.57. The molecular formula is C17H21NO7. The molecule has 0 fully saturated rings. The molecule has 1 aromatic rings. The predicted molar refractivity (Wildman–Crippen MR) is 85.8 cm³/mol. The second-order valence-corrected chi connectivity index (χ2v) is 5.20. The molecule has 1 aromatic carbocycles. The Morgan fingerprint density at radius 2 is 1.68 bits per heavy atom. The first-order valence-corrected chi connectivity index (χ1v) is 7.65. The zero-order chi connectivity index (χ0) is 18.8. The van der Waals surface area contributed by atoms with E-state index in [-0.39, 0.29) is 19.4 Å². The van der Waals surface area contributed by atoms with Crippen LogP contribution in [0.25, 0.3) is 0 Å². The second kappa shape index (κ2) is 10.2. The number of hydrogen-bond donors (Lipinski definition) is 1. The van der Waals surface area contributed by atoms with E-state index in [2.05, 4.69) is 4.74 Å². The van der Waals surface area contributed by atoms with Crippen LogP contribution in [0.2, 0.25) is 0 Å². The van der Waals surface area contributed by atoms with E-state index >= 15 is 0 Å².